The fourth-order valence-electron chi connectivity index (χ4n) is 4.28. The van der Waals surface area contributed by atoms with Crippen LogP contribution in [-0.2, 0) is 20.5 Å². The van der Waals surface area contributed by atoms with Gasteiger partial charge in [-0.1, -0.05) is 30.3 Å². The molecule has 0 unspecified atom stereocenters. The van der Waals surface area contributed by atoms with E-state index in [0.717, 1.165) is 22.1 Å². The van der Waals surface area contributed by atoms with Crippen LogP contribution in [0.3, 0.4) is 0 Å². The van der Waals surface area contributed by atoms with Crippen LogP contribution in [0.4, 0.5) is 0 Å². The van der Waals surface area contributed by atoms with E-state index in [1.54, 1.807) is 24.5 Å². The molecule has 0 N–H and O–H groups in total. The minimum Gasteiger partial charge on any atom is -0.327 e. The number of amides is 1. The van der Waals surface area contributed by atoms with Crippen LogP contribution in [0.2, 0.25) is 0 Å². The number of aryl methyl sites for hydroxylation is 1. The van der Waals surface area contributed by atoms with Gasteiger partial charge in [0.1, 0.15) is 5.65 Å². The molecule has 0 spiro atoms. The quantitative estimate of drug-likeness (QED) is 0.488. The summed E-state index contributed by atoms with van der Waals surface area (Å²) in [6.07, 6.45) is 2.24. The molecule has 8 heteroatoms. The van der Waals surface area contributed by atoms with E-state index in [4.69, 9.17) is 0 Å². The van der Waals surface area contributed by atoms with Crippen molar-refractivity contribution in [2.24, 2.45) is 14.1 Å². The Labute approximate surface area is 181 Å². The number of fused-ring (bicyclic) bond motifs is 2. The second-order valence-corrected chi connectivity index (χ2v) is 8.66. The maximum Gasteiger partial charge on any atom is 0.332 e. The van der Waals surface area contributed by atoms with Gasteiger partial charge in [-0.25, -0.2) is 9.78 Å². The van der Waals surface area contributed by atoms with Gasteiger partial charge in [-0.3, -0.25) is 18.7 Å². The number of carbonyl (C=O) groups excluding carboxylic acids is 1. The van der Waals surface area contributed by atoms with E-state index < -0.39 is 11.2 Å². The monoisotopic (exact) mass is 432 g/mol. The average Bonchev–Trinajstić information content (AvgIpc) is 3.29. The lowest BCUT2D eigenvalue weighted by molar-refractivity contribution is 0.0696. The van der Waals surface area contributed by atoms with Crippen molar-refractivity contribution >= 4 is 28.3 Å². The van der Waals surface area contributed by atoms with Crippen molar-refractivity contribution in [1.82, 2.24) is 19.0 Å². The normalized spacial score (nSPS) is 15.8. The molecule has 0 bridgehead atoms. The Balaban J connectivity index is 1.63. The molecule has 31 heavy (non-hydrogen) atoms. The molecule has 0 saturated carbocycles. The Morgan fingerprint density at radius 2 is 1.87 bits per heavy atom. The van der Waals surface area contributed by atoms with Crippen molar-refractivity contribution in [3.8, 4) is 0 Å². The van der Waals surface area contributed by atoms with E-state index in [2.05, 4.69) is 16.4 Å². The molecule has 1 aliphatic heterocycles. The highest BCUT2D eigenvalue weighted by atomic mass is 32.1. The lowest BCUT2D eigenvalue weighted by atomic mass is 9.92. The number of hydrogen-bond acceptors (Lipinski definition) is 5. The molecule has 1 aliphatic rings. The minimum atomic E-state index is -0.460. The first kappa shape index (κ1) is 19.4. The molecule has 1 amide bonds. The molecular formula is C23H20N4O3S. The van der Waals surface area contributed by atoms with Gasteiger partial charge in [-0.15, -0.1) is 11.3 Å². The maximum atomic E-state index is 13.6. The number of hydrogen-bond donors (Lipinski definition) is 0. The lowest BCUT2D eigenvalue weighted by Gasteiger charge is -2.36. The standard InChI is InChI=1S/C23H20N4O3S/c1-25-20-17(22(29)26(2)23(25)30)12-15(13-24-20)21(28)27-10-8-18-16(9-11-31-18)19(27)14-6-4-3-5-7-14/h3-7,9,11-13,19H,8,10H2,1-2H3/t19-/m0/s1. The Morgan fingerprint density at radius 1 is 1.10 bits per heavy atom. The molecule has 5 rings (SSSR count). The van der Waals surface area contributed by atoms with E-state index >= 15 is 0 Å². The fourth-order valence-corrected chi connectivity index (χ4v) is 5.18. The Hall–Kier alpha value is -3.52. The van der Waals surface area contributed by atoms with Crippen molar-refractivity contribution in [2.45, 2.75) is 12.5 Å². The summed E-state index contributed by atoms with van der Waals surface area (Å²) in [6.45, 7) is 0.579. The number of nitrogens with zero attached hydrogens (tertiary/aromatic N) is 4. The molecule has 1 aromatic carbocycles. The van der Waals surface area contributed by atoms with Crippen LogP contribution < -0.4 is 11.2 Å². The van der Waals surface area contributed by atoms with Gasteiger partial charge in [0.15, 0.2) is 0 Å². The Bertz CT molecular complexity index is 1430. The second kappa shape index (κ2) is 7.31. The molecule has 4 aromatic rings. The topological polar surface area (TPSA) is 77.2 Å². The smallest absolute Gasteiger partial charge is 0.327 e. The number of benzene rings is 1. The molecule has 156 valence electrons. The van der Waals surface area contributed by atoms with E-state index in [-0.39, 0.29) is 23.0 Å². The second-order valence-electron chi connectivity index (χ2n) is 7.66. The molecule has 3 aromatic heterocycles. The van der Waals surface area contributed by atoms with E-state index in [1.165, 1.54) is 22.7 Å². The molecule has 7 nitrogen and oxygen atoms in total. The van der Waals surface area contributed by atoms with Crippen LogP contribution >= 0.6 is 11.3 Å². The third kappa shape index (κ3) is 3.02. The molecule has 0 aliphatic carbocycles. The van der Waals surface area contributed by atoms with Crippen LogP contribution in [-0.4, -0.2) is 31.5 Å². The van der Waals surface area contributed by atoms with Gasteiger partial charge >= 0.3 is 5.69 Å². The summed E-state index contributed by atoms with van der Waals surface area (Å²) in [5, 5.41) is 2.32. The largest absolute Gasteiger partial charge is 0.332 e. The first-order chi connectivity index (χ1) is 15.0. The third-order valence-corrected chi connectivity index (χ3v) is 6.88. The summed E-state index contributed by atoms with van der Waals surface area (Å²) in [4.78, 5) is 45.9. The fraction of sp³-hybridized carbons (Fsp3) is 0.217. The minimum absolute atomic E-state index is 0.184. The molecule has 0 radical (unpaired) electrons. The van der Waals surface area contributed by atoms with Gasteiger partial charge in [-0.05, 0) is 35.1 Å². The number of carbonyl (C=O) groups is 1. The van der Waals surface area contributed by atoms with Gasteiger partial charge in [0, 0.05) is 31.7 Å². The summed E-state index contributed by atoms with van der Waals surface area (Å²) in [5.41, 5.74) is 1.88. The SMILES string of the molecule is Cn1c(=O)c2cc(C(=O)N3CCc4sccc4[C@@H]3c3ccccc3)cnc2n(C)c1=O. The Kier molecular flexibility index (Phi) is 4.59. The summed E-state index contributed by atoms with van der Waals surface area (Å²) in [5.74, 6) is -0.184. The summed E-state index contributed by atoms with van der Waals surface area (Å²) >= 11 is 1.71. The van der Waals surface area contributed by atoms with Crippen LogP contribution in [0.5, 0.6) is 0 Å². The molecule has 1 atom stereocenters. The van der Waals surface area contributed by atoms with E-state index in [1.807, 2.05) is 35.2 Å². The summed E-state index contributed by atoms with van der Waals surface area (Å²) in [6, 6.07) is 13.4. The predicted molar refractivity (Wildman–Crippen MR) is 120 cm³/mol. The van der Waals surface area contributed by atoms with Gasteiger partial charge < -0.3 is 4.90 Å². The van der Waals surface area contributed by atoms with E-state index in [9.17, 15) is 14.4 Å². The average molecular weight is 433 g/mol. The highest BCUT2D eigenvalue weighted by Crippen LogP contribution is 2.38. The van der Waals surface area contributed by atoms with Crippen LogP contribution in [0.15, 0.2) is 63.6 Å². The van der Waals surface area contributed by atoms with Gasteiger partial charge in [0.25, 0.3) is 11.5 Å². The zero-order chi connectivity index (χ0) is 21.7. The predicted octanol–water partition coefficient (Wildman–Crippen LogP) is 2.48. The zero-order valence-electron chi connectivity index (χ0n) is 17.1. The number of rotatable bonds is 2. The van der Waals surface area contributed by atoms with Crippen molar-refractivity contribution in [3.63, 3.8) is 0 Å². The van der Waals surface area contributed by atoms with Crippen molar-refractivity contribution in [3.05, 3.63) is 96.4 Å². The molecule has 0 fully saturated rings. The van der Waals surface area contributed by atoms with E-state index in [0.29, 0.717) is 12.1 Å². The third-order valence-electron chi connectivity index (χ3n) is 5.88. The van der Waals surface area contributed by atoms with Gasteiger partial charge in [0.2, 0.25) is 0 Å². The first-order valence-electron chi connectivity index (χ1n) is 9.95. The number of thiophene rings is 1. The van der Waals surface area contributed by atoms with Crippen LogP contribution in [0.25, 0.3) is 11.0 Å². The molecule has 4 heterocycles. The summed E-state index contributed by atoms with van der Waals surface area (Å²) in [7, 11) is 2.99. The highest BCUT2D eigenvalue weighted by Gasteiger charge is 2.33. The number of pyridine rings is 1. The summed E-state index contributed by atoms with van der Waals surface area (Å²) < 4.78 is 2.35. The van der Waals surface area contributed by atoms with Gasteiger partial charge in [0.05, 0.1) is 17.0 Å². The Morgan fingerprint density at radius 3 is 2.65 bits per heavy atom. The lowest BCUT2D eigenvalue weighted by Crippen LogP contribution is -2.40. The zero-order valence-corrected chi connectivity index (χ0v) is 17.9. The highest BCUT2D eigenvalue weighted by molar-refractivity contribution is 7.10. The van der Waals surface area contributed by atoms with Crippen molar-refractivity contribution in [1.29, 1.82) is 0 Å². The van der Waals surface area contributed by atoms with Crippen LogP contribution in [0, 0.1) is 0 Å². The van der Waals surface area contributed by atoms with Crippen LogP contribution in [0.1, 0.15) is 32.4 Å². The number of aromatic nitrogens is 3. The molecule has 0 saturated heterocycles. The molecular weight excluding hydrogens is 412 g/mol. The van der Waals surface area contributed by atoms with Crippen molar-refractivity contribution < 1.29 is 4.79 Å². The van der Waals surface area contributed by atoms with Gasteiger partial charge in [-0.2, -0.15) is 0 Å². The maximum absolute atomic E-state index is 13.6. The first-order valence-corrected chi connectivity index (χ1v) is 10.8. The van der Waals surface area contributed by atoms with Crippen molar-refractivity contribution in [2.75, 3.05) is 6.54 Å².